The molecule has 0 aromatic carbocycles. The van der Waals surface area contributed by atoms with E-state index in [0.29, 0.717) is 11.1 Å². The Kier molecular flexibility index (Phi) is 4.45. The van der Waals surface area contributed by atoms with Crippen LogP contribution in [0.3, 0.4) is 0 Å². The lowest BCUT2D eigenvalue weighted by Gasteiger charge is -2.26. The summed E-state index contributed by atoms with van der Waals surface area (Å²) in [4.78, 5) is 8.90. The van der Waals surface area contributed by atoms with Crippen LogP contribution in [0.25, 0.3) is 0 Å². The molecule has 20 heavy (non-hydrogen) atoms. The molecule has 0 aliphatic heterocycles. The van der Waals surface area contributed by atoms with E-state index >= 15 is 0 Å². The maximum atomic E-state index is 6.08. The maximum absolute atomic E-state index is 6.08. The number of aromatic nitrogens is 2. The highest BCUT2D eigenvalue weighted by atomic mass is 35.5. The summed E-state index contributed by atoms with van der Waals surface area (Å²) in [7, 11) is 0. The number of hydrogen-bond donors (Lipinski definition) is 1. The van der Waals surface area contributed by atoms with Gasteiger partial charge < -0.3 is 5.32 Å². The monoisotopic (exact) mass is 293 g/mol. The maximum Gasteiger partial charge on any atom is 0.135 e. The number of anilines is 1. The van der Waals surface area contributed by atoms with Gasteiger partial charge in [-0.2, -0.15) is 0 Å². The Bertz CT molecular complexity index is 459. The van der Waals surface area contributed by atoms with Crippen molar-refractivity contribution in [3.8, 4) is 0 Å². The van der Waals surface area contributed by atoms with Gasteiger partial charge in [-0.25, -0.2) is 9.97 Å². The molecule has 0 radical (unpaired) electrons. The molecule has 1 aromatic heterocycles. The van der Waals surface area contributed by atoms with Crippen LogP contribution in [0.15, 0.2) is 6.07 Å². The van der Waals surface area contributed by atoms with Crippen molar-refractivity contribution >= 4 is 17.4 Å². The Labute approximate surface area is 126 Å². The third-order valence-electron chi connectivity index (χ3n) is 4.56. The first-order chi connectivity index (χ1) is 9.70. The van der Waals surface area contributed by atoms with E-state index in [1.165, 1.54) is 44.9 Å². The molecule has 1 N–H and O–H groups in total. The summed E-state index contributed by atoms with van der Waals surface area (Å²) in [6, 6.07) is 1.84. The van der Waals surface area contributed by atoms with Gasteiger partial charge in [0.1, 0.15) is 16.8 Å². The second kappa shape index (κ2) is 6.30. The first-order valence-electron chi connectivity index (χ1n) is 7.99. The molecular weight excluding hydrogens is 270 g/mol. The number of rotatable bonds is 5. The largest absolute Gasteiger partial charge is 0.370 e. The summed E-state index contributed by atoms with van der Waals surface area (Å²) in [6.45, 7) is 3.38. The van der Waals surface area contributed by atoms with Crippen LogP contribution < -0.4 is 5.32 Å². The van der Waals surface area contributed by atoms with Crippen LogP contribution in [-0.2, 0) is 0 Å². The predicted molar refractivity (Wildman–Crippen MR) is 83.2 cm³/mol. The Balaban J connectivity index is 1.50. The van der Waals surface area contributed by atoms with Gasteiger partial charge in [0.05, 0.1) is 0 Å². The first kappa shape index (κ1) is 14.1. The Morgan fingerprint density at radius 2 is 2.10 bits per heavy atom. The van der Waals surface area contributed by atoms with E-state index in [0.717, 1.165) is 30.0 Å². The molecule has 2 saturated carbocycles. The molecular formula is C16H24ClN3. The second-order valence-electron chi connectivity index (χ2n) is 6.56. The molecule has 2 fully saturated rings. The van der Waals surface area contributed by atoms with Crippen molar-refractivity contribution in [3.63, 3.8) is 0 Å². The lowest BCUT2D eigenvalue weighted by Crippen LogP contribution is -2.17. The van der Waals surface area contributed by atoms with Gasteiger partial charge in [0.2, 0.25) is 0 Å². The lowest BCUT2D eigenvalue weighted by molar-refractivity contribution is 0.274. The third-order valence-corrected chi connectivity index (χ3v) is 4.75. The van der Waals surface area contributed by atoms with Crippen LogP contribution in [-0.4, -0.2) is 16.5 Å². The van der Waals surface area contributed by atoms with Gasteiger partial charge in [0.15, 0.2) is 0 Å². The highest BCUT2D eigenvalue weighted by Gasteiger charge is 2.27. The van der Waals surface area contributed by atoms with E-state index in [1.807, 2.05) is 6.07 Å². The lowest BCUT2D eigenvalue weighted by atomic mass is 9.81. The van der Waals surface area contributed by atoms with Gasteiger partial charge >= 0.3 is 0 Å². The zero-order valence-corrected chi connectivity index (χ0v) is 13.0. The molecule has 1 aromatic rings. The second-order valence-corrected chi connectivity index (χ2v) is 6.95. The average Bonchev–Trinajstić information content (AvgIpc) is 3.22. The van der Waals surface area contributed by atoms with E-state index in [9.17, 15) is 0 Å². The van der Waals surface area contributed by atoms with Crippen LogP contribution in [0.2, 0.25) is 5.15 Å². The zero-order chi connectivity index (χ0) is 13.9. The van der Waals surface area contributed by atoms with E-state index in [2.05, 4.69) is 22.2 Å². The topological polar surface area (TPSA) is 37.8 Å². The zero-order valence-electron chi connectivity index (χ0n) is 12.2. The van der Waals surface area contributed by atoms with Crippen molar-refractivity contribution in [2.75, 3.05) is 11.9 Å². The number of hydrogen-bond acceptors (Lipinski definition) is 3. The molecule has 3 nitrogen and oxygen atoms in total. The van der Waals surface area contributed by atoms with Crippen molar-refractivity contribution < 1.29 is 0 Å². The highest BCUT2D eigenvalue weighted by molar-refractivity contribution is 6.29. The van der Waals surface area contributed by atoms with Gasteiger partial charge in [-0.3, -0.25) is 0 Å². The van der Waals surface area contributed by atoms with Crippen molar-refractivity contribution in [3.05, 3.63) is 17.0 Å². The summed E-state index contributed by atoms with van der Waals surface area (Å²) < 4.78 is 0. The van der Waals surface area contributed by atoms with Crippen molar-refractivity contribution in [2.24, 2.45) is 11.8 Å². The predicted octanol–water partition coefficient (Wildman–Crippen LogP) is 4.64. The molecule has 1 heterocycles. The average molecular weight is 294 g/mol. The number of halogens is 1. The fourth-order valence-electron chi connectivity index (χ4n) is 3.28. The van der Waals surface area contributed by atoms with Crippen LogP contribution in [0.5, 0.6) is 0 Å². The smallest absolute Gasteiger partial charge is 0.135 e. The molecule has 0 spiro atoms. The van der Waals surface area contributed by atoms with Crippen molar-refractivity contribution in [2.45, 2.75) is 57.8 Å². The molecule has 2 unspecified atom stereocenters. The van der Waals surface area contributed by atoms with E-state index in [4.69, 9.17) is 11.6 Å². The summed E-state index contributed by atoms with van der Waals surface area (Å²) >= 11 is 6.08. The number of nitrogens with one attached hydrogen (secondary N) is 1. The minimum Gasteiger partial charge on any atom is -0.370 e. The molecule has 4 heteroatoms. The summed E-state index contributed by atoms with van der Waals surface area (Å²) in [5.41, 5.74) is 0. The van der Waals surface area contributed by atoms with Gasteiger partial charge in [0.25, 0.3) is 0 Å². The normalized spacial score (nSPS) is 26.5. The van der Waals surface area contributed by atoms with Gasteiger partial charge in [-0.05, 0) is 37.5 Å². The van der Waals surface area contributed by atoms with Gasteiger partial charge in [-0.1, -0.05) is 37.8 Å². The van der Waals surface area contributed by atoms with Gasteiger partial charge in [-0.15, -0.1) is 0 Å². The van der Waals surface area contributed by atoms with E-state index in [1.54, 1.807) is 0 Å². The van der Waals surface area contributed by atoms with Crippen molar-refractivity contribution in [1.29, 1.82) is 0 Å². The van der Waals surface area contributed by atoms with Crippen LogP contribution in [0.4, 0.5) is 5.82 Å². The summed E-state index contributed by atoms with van der Waals surface area (Å²) in [5.74, 6) is 4.16. The Morgan fingerprint density at radius 1 is 1.25 bits per heavy atom. The minimum absolute atomic E-state index is 0.549. The molecule has 2 aliphatic carbocycles. The quantitative estimate of drug-likeness (QED) is 0.804. The molecule has 0 saturated heterocycles. The molecule has 0 bridgehead atoms. The van der Waals surface area contributed by atoms with E-state index < -0.39 is 0 Å². The summed E-state index contributed by atoms with van der Waals surface area (Å²) in [5, 5.41) is 4.00. The van der Waals surface area contributed by atoms with Crippen molar-refractivity contribution in [1.82, 2.24) is 9.97 Å². The Hall–Kier alpha value is -0.830. The molecule has 2 atom stereocenters. The van der Waals surface area contributed by atoms with Crippen LogP contribution in [0.1, 0.15) is 63.6 Å². The fourth-order valence-corrected chi connectivity index (χ4v) is 3.47. The molecule has 3 rings (SSSR count). The Morgan fingerprint density at radius 3 is 2.85 bits per heavy atom. The summed E-state index contributed by atoms with van der Waals surface area (Å²) in [6.07, 6.45) is 9.25. The SMILES string of the molecule is CC1CCCC(CCNc2cc(Cl)nc(C3CC3)n2)C1. The minimum atomic E-state index is 0.549. The first-order valence-corrected chi connectivity index (χ1v) is 8.37. The van der Waals surface area contributed by atoms with E-state index in [-0.39, 0.29) is 0 Å². The molecule has 0 amide bonds. The highest BCUT2D eigenvalue weighted by Crippen LogP contribution is 2.38. The third kappa shape index (κ3) is 3.85. The number of nitrogens with zero attached hydrogens (tertiary/aromatic N) is 2. The van der Waals surface area contributed by atoms with Crippen LogP contribution in [0, 0.1) is 11.8 Å². The molecule has 110 valence electrons. The molecule has 2 aliphatic rings. The standard InChI is InChI=1S/C16H24ClN3/c1-11-3-2-4-12(9-11)7-8-18-15-10-14(17)19-16(20-15)13-5-6-13/h10-13H,2-9H2,1H3,(H,18,19,20). The van der Waals surface area contributed by atoms with Gasteiger partial charge in [0, 0.05) is 18.5 Å². The van der Waals surface area contributed by atoms with Crippen LogP contribution >= 0.6 is 11.6 Å². The fraction of sp³-hybridized carbons (Fsp3) is 0.750.